The van der Waals surface area contributed by atoms with Crippen molar-refractivity contribution >= 4 is 5.91 Å². The summed E-state index contributed by atoms with van der Waals surface area (Å²) in [5, 5.41) is 12.7. The molecule has 2 N–H and O–H groups in total. The summed E-state index contributed by atoms with van der Waals surface area (Å²) in [6.07, 6.45) is 1.55. The highest BCUT2D eigenvalue weighted by Gasteiger charge is 2.17. The minimum Gasteiger partial charge on any atom is -0.489 e. The molecule has 32 heavy (non-hydrogen) atoms. The molecule has 1 heterocycles. The molecule has 3 aromatic carbocycles. The van der Waals surface area contributed by atoms with Gasteiger partial charge in [-0.05, 0) is 42.2 Å². The molecule has 0 aliphatic carbocycles. The van der Waals surface area contributed by atoms with Crippen LogP contribution < -0.4 is 10.1 Å². The molecule has 0 atom stereocenters. The summed E-state index contributed by atoms with van der Waals surface area (Å²) in [7, 11) is 0. The van der Waals surface area contributed by atoms with Gasteiger partial charge in [-0.15, -0.1) is 0 Å². The van der Waals surface area contributed by atoms with Gasteiger partial charge in [-0.1, -0.05) is 60.7 Å². The molecular formula is C27H30N2O3. The number of amides is 1. The van der Waals surface area contributed by atoms with E-state index in [1.165, 1.54) is 5.56 Å². The van der Waals surface area contributed by atoms with Crippen LogP contribution in [0.15, 0.2) is 78.9 Å². The second-order valence-electron chi connectivity index (χ2n) is 8.27. The molecule has 1 saturated heterocycles. The van der Waals surface area contributed by atoms with E-state index in [1.54, 1.807) is 0 Å². The Morgan fingerprint density at radius 1 is 0.906 bits per heavy atom. The molecule has 3 aromatic rings. The number of carbonyl (C=O) groups excluding carboxylic acids is 1. The van der Waals surface area contributed by atoms with Gasteiger partial charge in [-0.3, -0.25) is 9.69 Å². The Morgan fingerprint density at radius 2 is 1.56 bits per heavy atom. The molecule has 5 nitrogen and oxygen atoms in total. The van der Waals surface area contributed by atoms with Crippen molar-refractivity contribution < 1.29 is 14.6 Å². The topological polar surface area (TPSA) is 61.8 Å². The number of hydrogen-bond acceptors (Lipinski definition) is 4. The largest absolute Gasteiger partial charge is 0.489 e. The molecule has 0 unspecified atom stereocenters. The summed E-state index contributed by atoms with van der Waals surface area (Å²) in [4.78, 5) is 15.2. The second-order valence-corrected chi connectivity index (χ2v) is 8.27. The summed E-state index contributed by atoms with van der Waals surface area (Å²) < 4.78 is 5.83. The van der Waals surface area contributed by atoms with E-state index in [9.17, 15) is 9.90 Å². The lowest BCUT2D eigenvalue weighted by Crippen LogP contribution is -2.35. The summed E-state index contributed by atoms with van der Waals surface area (Å²) in [5.74, 6) is 0.678. The highest BCUT2D eigenvalue weighted by atomic mass is 16.5. The molecule has 1 amide bonds. The summed E-state index contributed by atoms with van der Waals surface area (Å²) >= 11 is 0. The third-order valence-electron chi connectivity index (χ3n) is 5.84. The minimum atomic E-state index is -0.146. The van der Waals surface area contributed by atoms with E-state index in [4.69, 9.17) is 4.74 Å². The van der Waals surface area contributed by atoms with E-state index in [0.717, 1.165) is 49.4 Å². The predicted octanol–water partition coefficient (Wildman–Crippen LogP) is 4.15. The smallest absolute Gasteiger partial charge is 0.251 e. The highest BCUT2D eigenvalue weighted by Crippen LogP contribution is 2.16. The first kappa shape index (κ1) is 22.1. The monoisotopic (exact) mass is 430 g/mol. The maximum atomic E-state index is 12.8. The maximum absolute atomic E-state index is 12.8. The first-order valence-electron chi connectivity index (χ1n) is 11.2. The predicted molar refractivity (Wildman–Crippen MR) is 125 cm³/mol. The molecule has 1 fully saturated rings. The second kappa shape index (κ2) is 10.9. The number of likely N-dealkylation sites (tertiary alicyclic amines) is 1. The summed E-state index contributed by atoms with van der Waals surface area (Å²) in [6.45, 7) is 3.59. The van der Waals surface area contributed by atoms with Crippen LogP contribution in [0.25, 0.3) is 0 Å². The lowest BCUT2D eigenvalue weighted by atomic mass is 10.1. The van der Waals surface area contributed by atoms with Gasteiger partial charge in [0.2, 0.25) is 0 Å². The fourth-order valence-electron chi connectivity index (χ4n) is 3.92. The molecule has 0 bridgehead atoms. The summed E-state index contributed by atoms with van der Waals surface area (Å²) in [6, 6.07) is 25.5. The number of nitrogens with one attached hydrogen (secondary N) is 1. The number of carbonyl (C=O) groups is 1. The van der Waals surface area contributed by atoms with Crippen molar-refractivity contribution in [3.8, 4) is 5.75 Å². The van der Waals surface area contributed by atoms with E-state index in [-0.39, 0.29) is 12.0 Å². The van der Waals surface area contributed by atoms with Crippen molar-refractivity contribution in [2.24, 2.45) is 0 Å². The number of rotatable bonds is 8. The molecule has 4 rings (SSSR count). The van der Waals surface area contributed by atoms with Crippen molar-refractivity contribution in [1.82, 2.24) is 10.2 Å². The quantitative estimate of drug-likeness (QED) is 0.564. The van der Waals surface area contributed by atoms with Crippen molar-refractivity contribution in [3.05, 3.63) is 101 Å². The van der Waals surface area contributed by atoms with Crippen LogP contribution in [0, 0.1) is 0 Å². The number of nitrogens with zero attached hydrogens (tertiary/aromatic N) is 1. The van der Waals surface area contributed by atoms with Gasteiger partial charge in [-0.25, -0.2) is 0 Å². The number of aliphatic hydroxyl groups is 1. The Bertz CT molecular complexity index is 997. The number of piperidine rings is 1. The van der Waals surface area contributed by atoms with Gasteiger partial charge in [-0.2, -0.15) is 0 Å². The van der Waals surface area contributed by atoms with Gasteiger partial charge in [0.15, 0.2) is 0 Å². The third kappa shape index (κ3) is 6.19. The van der Waals surface area contributed by atoms with E-state index in [1.807, 2.05) is 54.6 Å². The Labute approximate surface area is 189 Å². The SMILES string of the molecule is O=C(NCc1ccc(CN2CCC(O)CC2)cc1)c1ccccc1COc1ccccc1. The number of hydrogen-bond donors (Lipinski definition) is 2. The molecule has 0 aromatic heterocycles. The fraction of sp³-hybridized carbons (Fsp3) is 0.296. The normalized spacial score (nSPS) is 14.8. The average molecular weight is 431 g/mol. The van der Waals surface area contributed by atoms with Gasteiger partial charge < -0.3 is 15.2 Å². The number of ether oxygens (including phenoxy) is 1. The molecule has 5 heteroatoms. The van der Waals surface area contributed by atoms with E-state index < -0.39 is 0 Å². The van der Waals surface area contributed by atoms with Crippen LogP contribution in [-0.4, -0.2) is 35.1 Å². The van der Waals surface area contributed by atoms with Gasteiger partial charge in [0, 0.05) is 37.3 Å². The molecule has 166 valence electrons. The molecule has 1 aliphatic heterocycles. The van der Waals surface area contributed by atoms with Crippen LogP contribution in [0.4, 0.5) is 0 Å². The van der Waals surface area contributed by atoms with Gasteiger partial charge in [0.1, 0.15) is 12.4 Å². The number of para-hydroxylation sites is 1. The van der Waals surface area contributed by atoms with Gasteiger partial charge in [0.25, 0.3) is 5.91 Å². The Kier molecular flexibility index (Phi) is 7.54. The van der Waals surface area contributed by atoms with E-state index in [2.05, 4.69) is 34.5 Å². The Hall–Kier alpha value is -3.15. The van der Waals surface area contributed by atoms with E-state index >= 15 is 0 Å². The zero-order valence-electron chi connectivity index (χ0n) is 18.2. The number of benzene rings is 3. The molecule has 0 saturated carbocycles. The Balaban J connectivity index is 1.30. The van der Waals surface area contributed by atoms with Gasteiger partial charge >= 0.3 is 0 Å². The fourth-order valence-corrected chi connectivity index (χ4v) is 3.92. The lowest BCUT2D eigenvalue weighted by Gasteiger charge is -2.29. The molecular weight excluding hydrogens is 400 g/mol. The molecule has 1 aliphatic rings. The zero-order chi connectivity index (χ0) is 22.2. The maximum Gasteiger partial charge on any atom is 0.251 e. The standard InChI is InChI=1S/C27H30N2O3/c30-24-14-16-29(17-15-24)19-22-12-10-21(11-13-22)18-28-27(31)26-9-5-4-6-23(26)20-32-25-7-2-1-3-8-25/h1-13,24,30H,14-20H2,(H,28,31). The van der Waals surface area contributed by atoms with E-state index in [0.29, 0.717) is 18.7 Å². The lowest BCUT2D eigenvalue weighted by molar-refractivity contribution is 0.0792. The molecule has 0 spiro atoms. The Morgan fingerprint density at radius 3 is 2.31 bits per heavy atom. The van der Waals surface area contributed by atoms with Crippen LogP contribution in [0.1, 0.15) is 39.9 Å². The minimum absolute atomic E-state index is 0.104. The van der Waals surface area contributed by atoms with Crippen LogP contribution in [-0.2, 0) is 19.7 Å². The molecule has 0 radical (unpaired) electrons. The average Bonchev–Trinajstić information content (AvgIpc) is 2.84. The van der Waals surface area contributed by atoms with Crippen LogP contribution in [0.3, 0.4) is 0 Å². The van der Waals surface area contributed by atoms with Gasteiger partial charge in [0.05, 0.1) is 6.10 Å². The first-order valence-corrected chi connectivity index (χ1v) is 11.2. The van der Waals surface area contributed by atoms with Crippen molar-refractivity contribution in [1.29, 1.82) is 0 Å². The van der Waals surface area contributed by atoms with Crippen LogP contribution in [0.2, 0.25) is 0 Å². The van der Waals surface area contributed by atoms with Crippen molar-refractivity contribution in [2.75, 3.05) is 13.1 Å². The first-order chi connectivity index (χ1) is 15.7. The van der Waals surface area contributed by atoms with Crippen LogP contribution >= 0.6 is 0 Å². The number of aliphatic hydroxyl groups excluding tert-OH is 1. The zero-order valence-corrected chi connectivity index (χ0v) is 18.2. The summed E-state index contributed by atoms with van der Waals surface area (Å²) in [5.41, 5.74) is 3.80. The highest BCUT2D eigenvalue weighted by molar-refractivity contribution is 5.95. The van der Waals surface area contributed by atoms with Crippen molar-refractivity contribution in [2.45, 2.75) is 38.6 Å². The third-order valence-corrected chi connectivity index (χ3v) is 5.84. The van der Waals surface area contributed by atoms with Crippen LogP contribution in [0.5, 0.6) is 5.75 Å². The van der Waals surface area contributed by atoms with Crippen molar-refractivity contribution in [3.63, 3.8) is 0 Å².